The summed E-state index contributed by atoms with van der Waals surface area (Å²) in [6, 6.07) is 0. The van der Waals surface area contributed by atoms with Crippen molar-refractivity contribution in [1.29, 1.82) is 0 Å². The van der Waals surface area contributed by atoms with Gasteiger partial charge in [-0.1, -0.05) is 25.7 Å². The molecule has 12 heavy (non-hydrogen) atoms. The van der Waals surface area contributed by atoms with Gasteiger partial charge in [0.25, 0.3) is 0 Å². The maximum absolute atomic E-state index is 13.9. The summed E-state index contributed by atoms with van der Waals surface area (Å²) < 4.78 is 13.9. The molecule has 0 nitrogen and oxygen atoms in total. The van der Waals surface area contributed by atoms with Crippen LogP contribution in [0, 0.1) is 0 Å². The van der Waals surface area contributed by atoms with Crippen LogP contribution in [0.25, 0.3) is 0 Å². The largest absolute Gasteiger partial charge is 0.227 e. The van der Waals surface area contributed by atoms with Crippen LogP contribution in [0.3, 0.4) is 0 Å². The quantitative estimate of drug-likeness (QED) is 0.568. The van der Waals surface area contributed by atoms with Crippen molar-refractivity contribution in [3.63, 3.8) is 0 Å². The third-order valence-corrected chi connectivity index (χ3v) is 5.78. The summed E-state index contributed by atoms with van der Waals surface area (Å²) in [6.07, 6.45) is 9.94. The maximum atomic E-state index is 13.9. The van der Waals surface area contributed by atoms with E-state index in [2.05, 4.69) is 0 Å². The Bertz CT molecular complexity index is 121. The van der Waals surface area contributed by atoms with Crippen LogP contribution < -0.4 is 0 Å². The minimum atomic E-state index is -1.08. The van der Waals surface area contributed by atoms with Crippen LogP contribution in [-0.2, 0) is 0 Å². The van der Waals surface area contributed by atoms with Gasteiger partial charge in [0.2, 0.25) is 0 Å². The summed E-state index contributed by atoms with van der Waals surface area (Å²) in [5.41, 5.74) is 1.01. The topological polar surface area (TPSA) is 0 Å². The van der Waals surface area contributed by atoms with Crippen LogP contribution in [0.4, 0.5) is 4.20 Å². The minimum Gasteiger partial charge on any atom is -0.227 e. The van der Waals surface area contributed by atoms with E-state index in [0.29, 0.717) is 11.3 Å². The second kappa shape index (κ2) is 4.05. The molecule has 2 saturated carbocycles. The lowest BCUT2D eigenvalue weighted by Crippen LogP contribution is -2.06. The third-order valence-electron chi connectivity index (χ3n) is 3.35. The fourth-order valence-corrected chi connectivity index (χ4v) is 4.91. The summed E-state index contributed by atoms with van der Waals surface area (Å²) in [6.45, 7) is 0. The SMILES string of the molecule is FP(C1CCCC1)C1CCCC1. The van der Waals surface area contributed by atoms with Gasteiger partial charge >= 0.3 is 0 Å². The van der Waals surface area contributed by atoms with E-state index in [0.717, 1.165) is 0 Å². The fraction of sp³-hybridized carbons (Fsp3) is 1.00. The number of halogens is 1. The maximum Gasteiger partial charge on any atom is 0.0876 e. The van der Waals surface area contributed by atoms with Gasteiger partial charge in [-0.2, -0.15) is 0 Å². The molecule has 0 bridgehead atoms. The Labute approximate surface area is 75.8 Å². The standard InChI is InChI=1S/C10H18FP/c11-12(9-5-1-2-6-9)10-7-3-4-8-10/h9-10H,1-8H2. The smallest absolute Gasteiger partial charge is 0.0876 e. The Kier molecular flexibility index (Phi) is 3.01. The first-order valence-electron chi connectivity index (χ1n) is 5.32. The van der Waals surface area contributed by atoms with E-state index in [1.807, 2.05) is 0 Å². The van der Waals surface area contributed by atoms with Crippen molar-refractivity contribution in [2.75, 3.05) is 0 Å². The molecule has 2 fully saturated rings. The van der Waals surface area contributed by atoms with Crippen LogP contribution >= 0.6 is 8.23 Å². The van der Waals surface area contributed by atoms with Gasteiger partial charge in [0.05, 0.1) is 8.23 Å². The molecular weight excluding hydrogens is 170 g/mol. The van der Waals surface area contributed by atoms with Crippen molar-refractivity contribution >= 4 is 8.23 Å². The summed E-state index contributed by atoms with van der Waals surface area (Å²) in [5, 5.41) is 0. The van der Waals surface area contributed by atoms with Crippen molar-refractivity contribution in [2.45, 2.75) is 62.7 Å². The zero-order valence-corrected chi connectivity index (χ0v) is 8.53. The summed E-state index contributed by atoms with van der Waals surface area (Å²) in [4.78, 5) is 0. The van der Waals surface area contributed by atoms with E-state index >= 15 is 0 Å². The Morgan fingerprint density at radius 2 is 1.08 bits per heavy atom. The summed E-state index contributed by atoms with van der Waals surface area (Å²) >= 11 is 0. The molecule has 0 amide bonds. The van der Waals surface area contributed by atoms with Crippen molar-refractivity contribution in [1.82, 2.24) is 0 Å². The first-order valence-corrected chi connectivity index (χ1v) is 6.69. The minimum absolute atomic E-state index is 0.503. The molecule has 2 rings (SSSR count). The Balaban J connectivity index is 1.84. The predicted molar refractivity (Wildman–Crippen MR) is 52.5 cm³/mol. The highest BCUT2D eigenvalue weighted by molar-refractivity contribution is 7.53. The van der Waals surface area contributed by atoms with Crippen LogP contribution in [0.5, 0.6) is 0 Å². The van der Waals surface area contributed by atoms with Crippen LogP contribution in [0.15, 0.2) is 0 Å². The molecule has 0 N–H and O–H groups in total. The molecule has 0 aromatic heterocycles. The molecule has 2 heteroatoms. The van der Waals surface area contributed by atoms with E-state index in [9.17, 15) is 4.20 Å². The van der Waals surface area contributed by atoms with E-state index < -0.39 is 8.23 Å². The molecule has 0 atom stereocenters. The number of hydrogen-bond donors (Lipinski definition) is 0. The molecule has 0 heterocycles. The van der Waals surface area contributed by atoms with Crippen molar-refractivity contribution in [3.8, 4) is 0 Å². The van der Waals surface area contributed by atoms with Gasteiger partial charge in [0.15, 0.2) is 0 Å². The van der Waals surface area contributed by atoms with E-state index in [-0.39, 0.29) is 0 Å². The first kappa shape index (κ1) is 8.94. The molecule has 0 saturated heterocycles. The molecule has 2 aliphatic rings. The van der Waals surface area contributed by atoms with Gasteiger partial charge in [-0.25, -0.2) is 4.20 Å². The highest BCUT2D eigenvalue weighted by Crippen LogP contribution is 2.57. The Morgan fingerprint density at radius 1 is 0.750 bits per heavy atom. The van der Waals surface area contributed by atoms with Crippen LogP contribution in [0.1, 0.15) is 51.4 Å². The molecule has 0 unspecified atom stereocenters. The molecule has 70 valence electrons. The summed E-state index contributed by atoms with van der Waals surface area (Å²) in [5.74, 6) is 0. The molecule has 0 spiro atoms. The highest BCUT2D eigenvalue weighted by Gasteiger charge is 2.33. The lowest BCUT2D eigenvalue weighted by atomic mass is 10.4. The van der Waals surface area contributed by atoms with E-state index in [1.165, 1.54) is 51.4 Å². The van der Waals surface area contributed by atoms with Gasteiger partial charge in [0, 0.05) is 11.3 Å². The fourth-order valence-electron chi connectivity index (χ4n) is 2.60. The second-order valence-corrected chi connectivity index (χ2v) is 6.37. The van der Waals surface area contributed by atoms with Crippen LogP contribution in [-0.4, -0.2) is 11.3 Å². The van der Waals surface area contributed by atoms with Crippen LogP contribution in [0.2, 0.25) is 0 Å². The third kappa shape index (κ3) is 1.82. The van der Waals surface area contributed by atoms with Gasteiger partial charge in [-0.05, 0) is 25.7 Å². The Hall–Kier alpha value is 0.360. The molecular formula is C10H18FP. The van der Waals surface area contributed by atoms with Crippen molar-refractivity contribution in [3.05, 3.63) is 0 Å². The van der Waals surface area contributed by atoms with E-state index in [4.69, 9.17) is 0 Å². The summed E-state index contributed by atoms with van der Waals surface area (Å²) in [7, 11) is -1.08. The average molecular weight is 188 g/mol. The number of rotatable bonds is 2. The normalized spacial score (nSPS) is 27.5. The monoisotopic (exact) mass is 188 g/mol. The molecule has 0 aliphatic heterocycles. The van der Waals surface area contributed by atoms with Gasteiger partial charge in [-0.3, -0.25) is 0 Å². The Morgan fingerprint density at radius 3 is 1.42 bits per heavy atom. The zero-order valence-electron chi connectivity index (χ0n) is 7.64. The van der Waals surface area contributed by atoms with Crippen molar-refractivity contribution < 1.29 is 4.20 Å². The zero-order chi connectivity index (χ0) is 8.39. The highest BCUT2D eigenvalue weighted by atomic mass is 31.2. The molecule has 0 aromatic carbocycles. The first-order chi connectivity index (χ1) is 5.88. The lowest BCUT2D eigenvalue weighted by molar-refractivity contribution is 0.737. The van der Waals surface area contributed by atoms with Gasteiger partial charge < -0.3 is 0 Å². The second-order valence-electron chi connectivity index (χ2n) is 4.22. The van der Waals surface area contributed by atoms with Gasteiger partial charge in [-0.15, -0.1) is 0 Å². The van der Waals surface area contributed by atoms with Gasteiger partial charge in [0.1, 0.15) is 0 Å². The number of hydrogen-bond acceptors (Lipinski definition) is 0. The lowest BCUT2D eigenvalue weighted by Gasteiger charge is -2.20. The van der Waals surface area contributed by atoms with Crippen molar-refractivity contribution in [2.24, 2.45) is 0 Å². The average Bonchev–Trinajstić information content (AvgIpc) is 2.77. The molecule has 2 aliphatic carbocycles. The van der Waals surface area contributed by atoms with E-state index in [1.54, 1.807) is 0 Å². The molecule has 0 radical (unpaired) electrons. The molecule has 0 aromatic rings. The predicted octanol–water partition coefficient (Wildman–Crippen LogP) is 4.24.